The molecular weight excluding hydrogens is 400 g/mol. The predicted octanol–water partition coefficient (Wildman–Crippen LogP) is 3.48. The molecule has 4 rings (SSSR count). The van der Waals surface area contributed by atoms with Crippen LogP contribution in [0, 0.1) is 0 Å². The van der Waals surface area contributed by atoms with Gasteiger partial charge in [-0.1, -0.05) is 42.5 Å². The van der Waals surface area contributed by atoms with Gasteiger partial charge in [0.05, 0.1) is 17.4 Å². The molecule has 0 spiro atoms. The van der Waals surface area contributed by atoms with Gasteiger partial charge >= 0.3 is 0 Å². The number of benzene rings is 3. The number of hydrogen-bond acceptors (Lipinski definition) is 4. The molecule has 1 atom stereocenters. The second kappa shape index (κ2) is 8.95. The molecule has 1 aliphatic heterocycles. The number of carbonyl (C=O) groups is 1. The first-order valence-electron chi connectivity index (χ1n) is 9.99. The summed E-state index contributed by atoms with van der Waals surface area (Å²) in [7, 11) is -3.61. The highest BCUT2D eigenvalue weighted by molar-refractivity contribution is 7.89. The van der Waals surface area contributed by atoms with Crippen molar-refractivity contribution >= 4 is 32.4 Å². The summed E-state index contributed by atoms with van der Waals surface area (Å²) in [6.45, 7) is 0.950. The van der Waals surface area contributed by atoms with Crippen LogP contribution in [0.5, 0.6) is 0 Å². The number of carbonyl (C=O) groups excluding carboxylic acids is 1. The van der Waals surface area contributed by atoms with Crippen molar-refractivity contribution in [3.05, 3.63) is 72.3 Å². The lowest BCUT2D eigenvalue weighted by Gasteiger charge is -2.12. The van der Waals surface area contributed by atoms with E-state index in [0.29, 0.717) is 12.3 Å². The molecule has 3 aromatic rings. The highest BCUT2D eigenvalue weighted by Gasteiger charge is 2.20. The lowest BCUT2D eigenvalue weighted by molar-refractivity contribution is -0.115. The maximum Gasteiger partial charge on any atom is 0.240 e. The minimum atomic E-state index is -3.61. The van der Waals surface area contributed by atoms with Crippen molar-refractivity contribution in [1.29, 1.82) is 0 Å². The minimum Gasteiger partial charge on any atom is -0.377 e. The Balaban J connectivity index is 1.38. The van der Waals surface area contributed by atoms with Gasteiger partial charge in [0.15, 0.2) is 0 Å². The number of rotatable bonds is 7. The third kappa shape index (κ3) is 4.87. The van der Waals surface area contributed by atoms with Crippen LogP contribution in [0.25, 0.3) is 10.8 Å². The largest absolute Gasteiger partial charge is 0.377 e. The summed E-state index contributed by atoms with van der Waals surface area (Å²) in [6.07, 6.45) is 2.00. The summed E-state index contributed by atoms with van der Waals surface area (Å²) in [5.41, 5.74) is 1.50. The van der Waals surface area contributed by atoms with Crippen LogP contribution in [0.15, 0.2) is 71.6 Å². The van der Waals surface area contributed by atoms with E-state index in [1.165, 1.54) is 12.1 Å². The average molecular weight is 425 g/mol. The zero-order valence-electron chi connectivity index (χ0n) is 16.5. The van der Waals surface area contributed by atoms with Crippen LogP contribution in [-0.4, -0.2) is 33.6 Å². The Morgan fingerprint density at radius 3 is 2.53 bits per heavy atom. The van der Waals surface area contributed by atoms with E-state index in [4.69, 9.17) is 4.74 Å². The Labute approximate surface area is 176 Å². The summed E-state index contributed by atoms with van der Waals surface area (Å²) in [5.74, 6) is -0.154. The predicted molar refractivity (Wildman–Crippen MR) is 117 cm³/mol. The molecule has 0 aromatic heterocycles. The van der Waals surface area contributed by atoms with Crippen molar-refractivity contribution < 1.29 is 17.9 Å². The monoisotopic (exact) mass is 424 g/mol. The quantitative estimate of drug-likeness (QED) is 0.608. The average Bonchev–Trinajstić information content (AvgIpc) is 3.27. The van der Waals surface area contributed by atoms with Gasteiger partial charge in [-0.3, -0.25) is 4.79 Å². The molecule has 2 N–H and O–H groups in total. The topological polar surface area (TPSA) is 84.5 Å². The summed E-state index contributed by atoms with van der Waals surface area (Å²) < 4.78 is 32.9. The third-order valence-electron chi connectivity index (χ3n) is 5.20. The Morgan fingerprint density at radius 1 is 1.00 bits per heavy atom. The number of amides is 1. The normalized spacial score (nSPS) is 16.6. The second-order valence-corrected chi connectivity index (χ2v) is 9.14. The molecule has 1 heterocycles. The Kier molecular flexibility index (Phi) is 6.13. The lowest BCUT2D eigenvalue weighted by Crippen LogP contribution is -2.31. The molecule has 3 aromatic carbocycles. The molecule has 1 unspecified atom stereocenters. The lowest BCUT2D eigenvalue weighted by atomic mass is 10.0. The summed E-state index contributed by atoms with van der Waals surface area (Å²) >= 11 is 0. The van der Waals surface area contributed by atoms with Gasteiger partial charge in [-0.25, -0.2) is 13.1 Å². The molecule has 30 heavy (non-hydrogen) atoms. The van der Waals surface area contributed by atoms with Gasteiger partial charge in [-0.15, -0.1) is 0 Å². The van der Waals surface area contributed by atoms with E-state index < -0.39 is 10.0 Å². The molecule has 156 valence electrons. The van der Waals surface area contributed by atoms with Crippen LogP contribution in [0.2, 0.25) is 0 Å². The molecule has 0 saturated carbocycles. The van der Waals surface area contributed by atoms with Gasteiger partial charge < -0.3 is 10.1 Å². The number of nitrogens with one attached hydrogen (secondary N) is 2. The minimum absolute atomic E-state index is 0.0626. The van der Waals surface area contributed by atoms with Gasteiger partial charge in [0.1, 0.15) is 0 Å². The maximum atomic E-state index is 12.5. The van der Waals surface area contributed by atoms with E-state index in [-0.39, 0.29) is 29.9 Å². The second-order valence-electron chi connectivity index (χ2n) is 7.37. The van der Waals surface area contributed by atoms with Crippen molar-refractivity contribution in [2.45, 2.75) is 30.3 Å². The van der Waals surface area contributed by atoms with Crippen LogP contribution in [0.3, 0.4) is 0 Å². The highest BCUT2D eigenvalue weighted by Crippen LogP contribution is 2.20. The fourth-order valence-corrected chi connectivity index (χ4v) is 4.70. The van der Waals surface area contributed by atoms with Crippen LogP contribution in [-0.2, 0) is 26.0 Å². The summed E-state index contributed by atoms with van der Waals surface area (Å²) in [5, 5.41) is 4.98. The third-order valence-corrected chi connectivity index (χ3v) is 6.64. The molecule has 0 aliphatic carbocycles. The summed E-state index contributed by atoms with van der Waals surface area (Å²) in [4.78, 5) is 12.7. The van der Waals surface area contributed by atoms with Gasteiger partial charge in [-0.05, 0) is 53.4 Å². The molecular formula is C23H24N2O4S. The summed E-state index contributed by atoms with van der Waals surface area (Å²) in [6, 6.07) is 20.0. The molecule has 1 amide bonds. The smallest absolute Gasteiger partial charge is 0.240 e. The molecule has 1 fully saturated rings. The van der Waals surface area contributed by atoms with Crippen LogP contribution in [0.4, 0.5) is 5.69 Å². The number of hydrogen-bond donors (Lipinski definition) is 2. The van der Waals surface area contributed by atoms with Crippen molar-refractivity contribution in [2.75, 3.05) is 18.5 Å². The first-order chi connectivity index (χ1) is 14.5. The molecule has 0 radical (unpaired) electrons. The molecule has 1 saturated heterocycles. The van der Waals surface area contributed by atoms with Gasteiger partial charge in [-0.2, -0.15) is 0 Å². The number of ether oxygens (including phenoxy) is 1. The molecule has 7 heteroatoms. The SMILES string of the molecule is O=C(Cc1cccc2ccccc12)Nc1ccc(S(=O)(=O)NCC2CCCO2)cc1. The molecule has 6 nitrogen and oxygen atoms in total. The van der Waals surface area contributed by atoms with E-state index in [2.05, 4.69) is 10.0 Å². The Bertz CT molecular complexity index is 1130. The highest BCUT2D eigenvalue weighted by atomic mass is 32.2. The van der Waals surface area contributed by atoms with Crippen LogP contribution >= 0.6 is 0 Å². The van der Waals surface area contributed by atoms with Crippen LogP contribution < -0.4 is 10.0 Å². The fourth-order valence-electron chi connectivity index (χ4n) is 3.63. The zero-order valence-corrected chi connectivity index (χ0v) is 17.3. The van der Waals surface area contributed by atoms with E-state index >= 15 is 0 Å². The van der Waals surface area contributed by atoms with E-state index in [9.17, 15) is 13.2 Å². The van der Waals surface area contributed by atoms with Gasteiger partial charge in [0.25, 0.3) is 0 Å². The Morgan fingerprint density at radius 2 is 1.77 bits per heavy atom. The van der Waals surface area contributed by atoms with E-state index in [1.807, 2.05) is 42.5 Å². The first kappa shape index (κ1) is 20.5. The Hall–Kier alpha value is -2.74. The van der Waals surface area contributed by atoms with Crippen molar-refractivity contribution in [3.8, 4) is 0 Å². The van der Waals surface area contributed by atoms with Crippen molar-refractivity contribution in [2.24, 2.45) is 0 Å². The zero-order chi connectivity index (χ0) is 21.0. The number of fused-ring (bicyclic) bond motifs is 1. The standard InChI is InChI=1S/C23H24N2O4S/c26-23(15-18-7-3-6-17-5-1-2-9-22(17)18)25-19-10-12-21(13-11-19)30(27,28)24-16-20-8-4-14-29-20/h1-3,5-7,9-13,20,24H,4,8,14-16H2,(H,25,26). The first-order valence-corrected chi connectivity index (χ1v) is 11.5. The van der Waals surface area contributed by atoms with Gasteiger partial charge in [0, 0.05) is 18.8 Å². The fraction of sp³-hybridized carbons (Fsp3) is 0.261. The van der Waals surface area contributed by atoms with E-state index in [1.54, 1.807) is 12.1 Å². The number of sulfonamides is 1. The molecule has 0 bridgehead atoms. The van der Waals surface area contributed by atoms with Crippen molar-refractivity contribution in [3.63, 3.8) is 0 Å². The van der Waals surface area contributed by atoms with Crippen LogP contribution in [0.1, 0.15) is 18.4 Å². The number of anilines is 1. The van der Waals surface area contributed by atoms with Gasteiger partial charge in [0.2, 0.25) is 15.9 Å². The maximum absolute atomic E-state index is 12.5. The van der Waals surface area contributed by atoms with Crippen molar-refractivity contribution in [1.82, 2.24) is 4.72 Å². The van der Waals surface area contributed by atoms with E-state index in [0.717, 1.165) is 29.2 Å². The molecule has 1 aliphatic rings.